The summed E-state index contributed by atoms with van der Waals surface area (Å²) in [6.45, 7) is 1.71. The average Bonchev–Trinajstić information content (AvgIpc) is 3.77. The number of fused-ring (bicyclic) bond motifs is 1. The Bertz CT molecular complexity index is 2120. The summed E-state index contributed by atoms with van der Waals surface area (Å²) in [5, 5.41) is 4.92. The molecule has 1 aliphatic rings. The van der Waals surface area contributed by atoms with Crippen molar-refractivity contribution in [2.45, 2.75) is 12.7 Å². The highest BCUT2D eigenvalue weighted by molar-refractivity contribution is 5.99. The molecule has 3 aromatic carbocycles. The van der Waals surface area contributed by atoms with Crippen LogP contribution in [0.5, 0.6) is 23.1 Å². The summed E-state index contributed by atoms with van der Waals surface area (Å²) >= 11 is 0. The fourth-order valence-corrected chi connectivity index (χ4v) is 5.75. The highest BCUT2D eigenvalue weighted by atomic mass is 19.4. The molecule has 0 N–H and O–H groups in total. The molecule has 0 bridgehead atoms. The van der Waals surface area contributed by atoms with Crippen LogP contribution in [0.2, 0.25) is 0 Å². The zero-order chi connectivity index (χ0) is 35.5. The molecule has 12 nitrogen and oxygen atoms in total. The topological polar surface area (TPSA) is 121 Å². The molecule has 4 heterocycles. The molecule has 6 aromatic rings. The molecule has 0 spiro atoms. The van der Waals surface area contributed by atoms with Gasteiger partial charge in [-0.3, -0.25) is 9.69 Å². The van der Waals surface area contributed by atoms with Gasteiger partial charge in [0.2, 0.25) is 11.7 Å². The third kappa shape index (κ3) is 7.78. The maximum atomic E-state index is 13.6. The van der Waals surface area contributed by atoms with Crippen molar-refractivity contribution >= 4 is 16.8 Å². The average molecular weight is 700 g/mol. The number of piperazine rings is 1. The summed E-state index contributed by atoms with van der Waals surface area (Å²) in [4.78, 5) is 30.8. The minimum absolute atomic E-state index is 0.0698. The van der Waals surface area contributed by atoms with Crippen LogP contribution in [0.4, 0.5) is 13.2 Å². The molecule has 51 heavy (non-hydrogen) atoms. The minimum Gasteiger partial charge on any atom is -0.497 e. The zero-order valence-electron chi connectivity index (χ0n) is 27.6. The lowest BCUT2D eigenvalue weighted by Gasteiger charge is -2.34. The number of ether oxygens (including phenoxy) is 3. The Balaban J connectivity index is 0.947. The third-order valence-electron chi connectivity index (χ3n) is 8.47. The first-order chi connectivity index (χ1) is 24.6. The summed E-state index contributed by atoms with van der Waals surface area (Å²) in [7, 11) is 3.44. The van der Waals surface area contributed by atoms with E-state index in [1.807, 2.05) is 59.0 Å². The quantitative estimate of drug-likeness (QED) is 0.159. The van der Waals surface area contributed by atoms with Gasteiger partial charge in [-0.05, 0) is 60.2 Å². The molecule has 262 valence electrons. The van der Waals surface area contributed by atoms with Crippen LogP contribution in [-0.2, 0) is 13.6 Å². The van der Waals surface area contributed by atoms with Crippen molar-refractivity contribution in [3.05, 3.63) is 96.4 Å². The summed E-state index contributed by atoms with van der Waals surface area (Å²) in [6.07, 6.45) is -1.42. The molecule has 1 amide bonds. The van der Waals surface area contributed by atoms with Gasteiger partial charge in [-0.2, -0.15) is 18.2 Å². The second kappa shape index (κ2) is 14.1. The van der Waals surface area contributed by atoms with Gasteiger partial charge in [0.1, 0.15) is 28.6 Å². The Kier molecular flexibility index (Phi) is 9.28. The lowest BCUT2D eigenvalue weighted by Crippen LogP contribution is -2.48. The zero-order valence-corrected chi connectivity index (χ0v) is 27.6. The summed E-state index contributed by atoms with van der Waals surface area (Å²) in [6, 6.07) is 21.3. The van der Waals surface area contributed by atoms with E-state index in [2.05, 4.69) is 25.0 Å². The molecular weight excluding hydrogens is 667 g/mol. The third-order valence-corrected chi connectivity index (χ3v) is 8.47. The molecule has 15 heteroatoms. The van der Waals surface area contributed by atoms with Gasteiger partial charge in [-0.25, -0.2) is 9.97 Å². The van der Waals surface area contributed by atoms with E-state index in [1.54, 1.807) is 37.4 Å². The van der Waals surface area contributed by atoms with E-state index >= 15 is 0 Å². The van der Waals surface area contributed by atoms with Gasteiger partial charge in [-0.15, -0.1) is 0 Å². The van der Waals surface area contributed by atoms with E-state index in [9.17, 15) is 18.0 Å². The SMILES string of the molecule is COc1ccc(-c2noc(-c3cnc(Oc4ccc5cc(C(=O)N6CCN(Cc7ccc(OCC(F)(F)F)cc7)CC6)n(C)c5c4)cn3)n2)cc1. The van der Waals surface area contributed by atoms with Crippen molar-refractivity contribution in [3.8, 4) is 46.1 Å². The molecule has 1 aliphatic heterocycles. The highest BCUT2D eigenvalue weighted by Gasteiger charge is 2.28. The van der Waals surface area contributed by atoms with Gasteiger partial charge in [0, 0.05) is 56.8 Å². The molecule has 0 unspecified atom stereocenters. The molecule has 3 aromatic heterocycles. The van der Waals surface area contributed by atoms with Crippen LogP contribution < -0.4 is 14.2 Å². The first-order valence-corrected chi connectivity index (χ1v) is 16.0. The number of hydrogen-bond acceptors (Lipinski definition) is 10. The van der Waals surface area contributed by atoms with Crippen LogP contribution in [0.15, 0.2) is 89.7 Å². The molecule has 0 atom stereocenters. The Morgan fingerprint density at radius 1 is 0.882 bits per heavy atom. The van der Waals surface area contributed by atoms with E-state index < -0.39 is 12.8 Å². The summed E-state index contributed by atoms with van der Waals surface area (Å²) in [5.74, 6) is 2.24. The van der Waals surface area contributed by atoms with Gasteiger partial charge >= 0.3 is 6.18 Å². The second-order valence-electron chi connectivity index (χ2n) is 11.9. The molecule has 1 saturated heterocycles. The number of benzene rings is 3. The van der Waals surface area contributed by atoms with Crippen molar-refractivity contribution < 1.29 is 36.7 Å². The molecule has 0 saturated carbocycles. The van der Waals surface area contributed by atoms with Gasteiger partial charge in [-0.1, -0.05) is 17.3 Å². The Morgan fingerprint density at radius 2 is 1.61 bits per heavy atom. The van der Waals surface area contributed by atoms with Crippen LogP contribution in [0.3, 0.4) is 0 Å². The summed E-state index contributed by atoms with van der Waals surface area (Å²) < 4.78 is 60.5. The van der Waals surface area contributed by atoms with Crippen molar-refractivity contribution in [2.24, 2.45) is 7.05 Å². The maximum Gasteiger partial charge on any atom is 0.422 e. The van der Waals surface area contributed by atoms with Crippen LogP contribution in [-0.4, -0.2) is 86.5 Å². The van der Waals surface area contributed by atoms with E-state index in [-0.39, 0.29) is 23.4 Å². The normalized spacial score (nSPS) is 13.8. The molecule has 0 aliphatic carbocycles. The fourth-order valence-electron chi connectivity index (χ4n) is 5.75. The number of aromatic nitrogens is 5. The predicted octanol–water partition coefficient (Wildman–Crippen LogP) is 6.39. The van der Waals surface area contributed by atoms with Crippen molar-refractivity contribution in [3.63, 3.8) is 0 Å². The molecule has 0 radical (unpaired) electrons. The molecular formula is C36H32F3N7O5. The van der Waals surface area contributed by atoms with E-state index in [0.29, 0.717) is 55.7 Å². The molecule has 7 rings (SSSR count). The van der Waals surface area contributed by atoms with Crippen LogP contribution in [0.1, 0.15) is 16.1 Å². The number of alkyl halides is 3. The predicted molar refractivity (Wildman–Crippen MR) is 179 cm³/mol. The van der Waals surface area contributed by atoms with Crippen molar-refractivity contribution in [2.75, 3.05) is 39.9 Å². The monoisotopic (exact) mass is 699 g/mol. The van der Waals surface area contributed by atoms with E-state index in [1.165, 1.54) is 12.4 Å². The number of amides is 1. The van der Waals surface area contributed by atoms with Gasteiger partial charge in [0.15, 0.2) is 6.61 Å². The van der Waals surface area contributed by atoms with Crippen LogP contribution in [0.25, 0.3) is 33.9 Å². The lowest BCUT2D eigenvalue weighted by atomic mass is 10.2. The minimum atomic E-state index is -4.38. The maximum absolute atomic E-state index is 13.6. The number of halogens is 3. The Labute approximate surface area is 290 Å². The number of carbonyl (C=O) groups is 1. The number of hydrogen-bond donors (Lipinski definition) is 0. The number of methoxy groups -OCH3 is 1. The number of carbonyl (C=O) groups excluding carboxylic acids is 1. The lowest BCUT2D eigenvalue weighted by molar-refractivity contribution is -0.153. The Hall–Kier alpha value is -5.96. The highest BCUT2D eigenvalue weighted by Crippen LogP contribution is 2.29. The van der Waals surface area contributed by atoms with E-state index in [0.717, 1.165) is 27.8 Å². The Morgan fingerprint density at radius 3 is 2.29 bits per heavy atom. The van der Waals surface area contributed by atoms with Crippen molar-refractivity contribution in [1.29, 1.82) is 0 Å². The van der Waals surface area contributed by atoms with Gasteiger partial charge < -0.3 is 28.2 Å². The number of rotatable bonds is 10. The molecule has 1 fully saturated rings. The van der Waals surface area contributed by atoms with Crippen LogP contribution in [0, 0.1) is 0 Å². The van der Waals surface area contributed by atoms with Crippen LogP contribution >= 0.6 is 0 Å². The standard InChI is InChI=1S/C36H32F3N7O5/c1-44-30-18-28(50-32-20-40-29(19-41-32)34-42-33(43-51-34)24-5-10-26(48-2)11-6-24)12-7-25(30)17-31(44)35(47)46-15-13-45(14-16-46)21-23-3-8-27(9-4-23)49-22-36(37,38)39/h3-12,17-20H,13-16,21-22H2,1-2H3. The largest absolute Gasteiger partial charge is 0.497 e. The first kappa shape index (κ1) is 33.5. The van der Waals surface area contributed by atoms with Gasteiger partial charge in [0.25, 0.3) is 11.8 Å². The number of aryl methyl sites for hydroxylation is 1. The van der Waals surface area contributed by atoms with Gasteiger partial charge in [0.05, 0.1) is 25.0 Å². The summed E-state index contributed by atoms with van der Waals surface area (Å²) in [5.41, 5.74) is 3.49. The number of nitrogens with zero attached hydrogens (tertiary/aromatic N) is 7. The smallest absolute Gasteiger partial charge is 0.422 e. The van der Waals surface area contributed by atoms with E-state index in [4.69, 9.17) is 18.7 Å². The fraction of sp³-hybridized carbons (Fsp3) is 0.250. The first-order valence-electron chi connectivity index (χ1n) is 16.0. The van der Waals surface area contributed by atoms with Crippen molar-refractivity contribution in [1.82, 2.24) is 34.5 Å². The second-order valence-corrected chi connectivity index (χ2v) is 11.9.